The van der Waals surface area contributed by atoms with Gasteiger partial charge in [-0.25, -0.2) is 0 Å². The second-order valence-corrected chi connectivity index (χ2v) is 13.4. The van der Waals surface area contributed by atoms with Gasteiger partial charge in [0.25, 0.3) is 0 Å². The first-order chi connectivity index (χ1) is 24.3. The minimum atomic E-state index is -0.544. The second kappa shape index (κ2) is 23.2. The third kappa shape index (κ3) is 13.7. The summed E-state index contributed by atoms with van der Waals surface area (Å²) in [5, 5.41) is 3.55. The summed E-state index contributed by atoms with van der Waals surface area (Å²) in [6, 6.07) is 12.4. The minimum Gasteiger partial charge on any atom is -0.488 e. The van der Waals surface area contributed by atoms with Crippen LogP contribution in [-0.2, 0) is 28.5 Å². The maximum Gasteiger partial charge on any atom is 0.306 e. The van der Waals surface area contributed by atoms with Gasteiger partial charge in [-0.05, 0) is 51.7 Å². The molecule has 2 unspecified atom stereocenters. The van der Waals surface area contributed by atoms with Gasteiger partial charge in [-0.15, -0.1) is 0 Å². The quantitative estimate of drug-likeness (QED) is 0.0466. The van der Waals surface area contributed by atoms with Crippen LogP contribution in [0.1, 0.15) is 116 Å². The first kappa shape index (κ1) is 41.1. The van der Waals surface area contributed by atoms with E-state index in [-0.39, 0.29) is 38.4 Å². The summed E-state index contributed by atoms with van der Waals surface area (Å²) in [4.78, 5) is 25.1. The van der Waals surface area contributed by atoms with Gasteiger partial charge >= 0.3 is 11.9 Å². The number of hydrogen-bond acceptors (Lipinski definition) is 8. The SMILES string of the molecule is CCCCCCOCC(COc1c2ccc(C)cc2c(OCC(COCCCCCC)OC(=O)CCC)c2ccc(C)cc12)OC(=O)CCC. The van der Waals surface area contributed by atoms with Gasteiger partial charge in [0.1, 0.15) is 24.7 Å². The fraction of sp³-hybridized carbons (Fsp3) is 0.619. The highest BCUT2D eigenvalue weighted by molar-refractivity contribution is 6.11. The minimum absolute atomic E-state index is 0.154. The molecule has 50 heavy (non-hydrogen) atoms. The fourth-order valence-electron chi connectivity index (χ4n) is 5.86. The lowest BCUT2D eigenvalue weighted by atomic mass is 9.97. The number of fused-ring (bicyclic) bond motifs is 2. The third-order valence-electron chi connectivity index (χ3n) is 8.55. The van der Waals surface area contributed by atoms with E-state index in [1.54, 1.807) is 0 Å². The van der Waals surface area contributed by atoms with E-state index in [9.17, 15) is 9.59 Å². The van der Waals surface area contributed by atoms with E-state index in [1.807, 2.05) is 27.7 Å². The number of hydrogen-bond donors (Lipinski definition) is 0. The molecular weight excluding hydrogens is 632 g/mol. The summed E-state index contributed by atoms with van der Waals surface area (Å²) in [5.74, 6) is 0.901. The maximum atomic E-state index is 12.6. The molecule has 0 amide bonds. The Kier molecular flexibility index (Phi) is 19.0. The molecule has 8 heteroatoms. The van der Waals surface area contributed by atoms with Gasteiger partial charge in [-0.2, -0.15) is 0 Å². The van der Waals surface area contributed by atoms with Crippen LogP contribution in [0.2, 0.25) is 0 Å². The summed E-state index contributed by atoms with van der Waals surface area (Å²) < 4.78 is 36.8. The first-order valence-corrected chi connectivity index (χ1v) is 19.1. The number of aryl methyl sites for hydroxylation is 2. The highest BCUT2D eigenvalue weighted by Crippen LogP contribution is 2.43. The molecule has 0 aliphatic rings. The van der Waals surface area contributed by atoms with Crippen molar-refractivity contribution >= 4 is 33.5 Å². The number of carbonyl (C=O) groups excluding carboxylic acids is 2. The number of benzene rings is 3. The maximum absolute atomic E-state index is 12.6. The molecule has 0 radical (unpaired) electrons. The van der Waals surface area contributed by atoms with E-state index in [2.05, 4.69) is 50.2 Å². The van der Waals surface area contributed by atoms with Crippen molar-refractivity contribution in [3.8, 4) is 11.5 Å². The normalized spacial score (nSPS) is 12.6. The van der Waals surface area contributed by atoms with Crippen molar-refractivity contribution in [2.24, 2.45) is 0 Å². The van der Waals surface area contributed by atoms with Crippen molar-refractivity contribution in [2.75, 3.05) is 39.6 Å². The summed E-state index contributed by atoms with van der Waals surface area (Å²) in [6.45, 7) is 14.5. The van der Waals surface area contributed by atoms with Crippen LogP contribution in [0, 0.1) is 13.8 Å². The molecule has 2 atom stereocenters. The van der Waals surface area contributed by atoms with Crippen LogP contribution < -0.4 is 9.47 Å². The Labute approximate surface area is 300 Å². The highest BCUT2D eigenvalue weighted by atomic mass is 16.6. The molecule has 3 rings (SSSR count). The molecule has 3 aromatic rings. The molecule has 8 nitrogen and oxygen atoms in total. The van der Waals surface area contributed by atoms with Crippen LogP contribution in [0.5, 0.6) is 11.5 Å². The molecule has 0 N–H and O–H groups in total. The molecule has 0 saturated heterocycles. The van der Waals surface area contributed by atoms with E-state index < -0.39 is 12.2 Å². The molecule has 0 bridgehead atoms. The molecule has 0 aliphatic heterocycles. The zero-order valence-corrected chi connectivity index (χ0v) is 31.6. The zero-order chi connectivity index (χ0) is 36.1. The molecule has 3 aromatic carbocycles. The molecule has 278 valence electrons. The van der Waals surface area contributed by atoms with Crippen LogP contribution in [0.15, 0.2) is 36.4 Å². The lowest BCUT2D eigenvalue weighted by Gasteiger charge is -2.23. The predicted octanol–water partition coefficient (Wildman–Crippen LogP) is 9.99. The Balaban J connectivity index is 1.91. The van der Waals surface area contributed by atoms with Crippen molar-refractivity contribution < 1.29 is 38.0 Å². The van der Waals surface area contributed by atoms with Crippen molar-refractivity contribution in [3.63, 3.8) is 0 Å². The van der Waals surface area contributed by atoms with E-state index in [0.717, 1.165) is 71.2 Å². The first-order valence-electron chi connectivity index (χ1n) is 19.1. The molecular formula is C42H62O8. The van der Waals surface area contributed by atoms with Gasteiger partial charge in [0.15, 0.2) is 12.2 Å². The molecule has 0 fully saturated rings. The van der Waals surface area contributed by atoms with Crippen LogP contribution in [0.3, 0.4) is 0 Å². The Bertz CT molecular complexity index is 1340. The lowest BCUT2D eigenvalue weighted by molar-refractivity contribution is -0.155. The monoisotopic (exact) mass is 694 g/mol. The number of rotatable bonds is 26. The Hall–Kier alpha value is -3.36. The lowest BCUT2D eigenvalue weighted by Crippen LogP contribution is -2.30. The zero-order valence-electron chi connectivity index (χ0n) is 31.6. The summed E-state index contributed by atoms with van der Waals surface area (Å²) in [6.07, 6.45) is 9.90. The van der Waals surface area contributed by atoms with Crippen molar-refractivity contribution in [1.82, 2.24) is 0 Å². The van der Waals surface area contributed by atoms with E-state index in [4.69, 9.17) is 28.4 Å². The second-order valence-electron chi connectivity index (χ2n) is 13.4. The van der Waals surface area contributed by atoms with E-state index in [0.29, 0.717) is 50.4 Å². The van der Waals surface area contributed by atoms with Crippen molar-refractivity contribution in [2.45, 2.75) is 131 Å². The Morgan fingerprint density at radius 2 is 0.940 bits per heavy atom. The number of carbonyl (C=O) groups is 2. The Morgan fingerprint density at radius 3 is 1.32 bits per heavy atom. The average molecular weight is 695 g/mol. The number of ether oxygens (including phenoxy) is 6. The average Bonchev–Trinajstić information content (AvgIpc) is 3.09. The van der Waals surface area contributed by atoms with Gasteiger partial charge in [-0.3, -0.25) is 9.59 Å². The van der Waals surface area contributed by atoms with Crippen LogP contribution in [-0.4, -0.2) is 63.8 Å². The predicted molar refractivity (Wildman–Crippen MR) is 201 cm³/mol. The molecule has 0 heterocycles. The summed E-state index contributed by atoms with van der Waals surface area (Å²) >= 11 is 0. The number of esters is 2. The number of unbranched alkanes of at least 4 members (excludes halogenated alkanes) is 6. The highest BCUT2D eigenvalue weighted by Gasteiger charge is 2.22. The van der Waals surface area contributed by atoms with Crippen molar-refractivity contribution in [1.29, 1.82) is 0 Å². The van der Waals surface area contributed by atoms with Crippen LogP contribution >= 0.6 is 0 Å². The van der Waals surface area contributed by atoms with Crippen LogP contribution in [0.25, 0.3) is 21.5 Å². The topological polar surface area (TPSA) is 89.5 Å². The van der Waals surface area contributed by atoms with Gasteiger partial charge < -0.3 is 28.4 Å². The third-order valence-corrected chi connectivity index (χ3v) is 8.55. The largest absolute Gasteiger partial charge is 0.488 e. The molecule has 0 saturated carbocycles. The smallest absolute Gasteiger partial charge is 0.306 e. The molecule has 0 aromatic heterocycles. The Morgan fingerprint density at radius 1 is 0.520 bits per heavy atom. The van der Waals surface area contributed by atoms with Gasteiger partial charge in [0.2, 0.25) is 0 Å². The molecule has 0 aliphatic carbocycles. The standard InChI is InChI=1S/C42H62O8/c1-7-11-13-15-23-45-27-33(49-39(43)17-9-3)29-47-41-35-21-19-32(6)26-38(35)42(36-22-20-31(5)25-37(36)41)48-30-34(50-40(44)18-10-4)28-46-24-16-14-12-8-2/h19-22,25-26,33-34H,7-18,23-24,27-30H2,1-6H3. The van der Waals surface area contributed by atoms with E-state index >= 15 is 0 Å². The van der Waals surface area contributed by atoms with E-state index in [1.165, 1.54) is 12.8 Å². The van der Waals surface area contributed by atoms with Crippen LogP contribution in [0.4, 0.5) is 0 Å². The molecule has 0 spiro atoms. The van der Waals surface area contributed by atoms with Gasteiger partial charge in [0.05, 0.1) is 13.2 Å². The van der Waals surface area contributed by atoms with Gasteiger partial charge in [0, 0.05) is 47.6 Å². The summed E-state index contributed by atoms with van der Waals surface area (Å²) in [5.41, 5.74) is 2.15. The summed E-state index contributed by atoms with van der Waals surface area (Å²) in [7, 11) is 0. The van der Waals surface area contributed by atoms with Crippen molar-refractivity contribution in [3.05, 3.63) is 47.5 Å². The fourth-order valence-corrected chi connectivity index (χ4v) is 5.86. The van der Waals surface area contributed by atoms with Gasteiger partial charge in [-0.1, -0.05) is 102 Å².